The van der Waals surface area contributed by atoms with E-state index in [1.165, 1.54) is 0 Å². The van der Waals surface area contributed by atoms with E-state index < -0.39 is 0 Å². The van der Waals surface area contributed by atoms with Gasteiger partial charge in [0, 0.05) is 30.6 Å². The zero-order valence-corrected chi connectivity index (χ0v) is 9.20. The molecule has 0 radical (unpaired) electrons. The fourth-order valence-electron chi connectivity index (χ4n) is 1.56. The van der Waals surface area contributed by atoms with Gasteiger partial charge in [0.15, 0.2) is 6.29 Å². The maximum atomic E-state index is 10.8. The molecule has 0 fully saturated rings. The van der Waals surface area contributed by atoms with Crippen LogP contribution >= 0.6 is 12.4 Å². The highest BCUT2D eigenvalue weighted by Gasteiger charge is 2.05. The molecular formula is C12H12ClNO. The van der Waals surface area contributed by atoms with Crippen LogP contribution in [-0.2, 0) is 7.05 Å². The van der Waals surface area contributed by atoms with Gasteiger partial charge < -0.3 is 4.57 Å². The number of carbonyl (C=O) groups excluding carboxylic acids is 1. The number of carbonyl (C=O) groups is 1. The second-order valence-corrected chi connectivity index (χ2v) is 3.28. The molecule has 1 aromatic heterocycles. The van der Waals surface area contributed by atoms with E-state index in [4.69, 9.17) is 0 Å². The van der Waals surface area contributed by atoms with Crippen LogP contribution in [0, 0.1) is 0 Å². The van der Waals surface area contributed by atoms with Crippen molar-refractivity contribution >= 4 is 18.7 Å². The summed E-state index contributed by atoms with van der Waals surface area (Å²) in [5, 5.41) is 0. The van der Waals surface area contributed by atoms with Crippen LogP contribution in [0.2, 0.25) is 0 Å². The Hall–Kier alpha value is -1.54. The summed E-state index contributed by atoms with van der Waals surface area (Å²) in [5.41, 5.74) is 2.80. The fourth-order valence-corrected chi connectivity index (χ4v) is 1.56. The molecule has 1 aromatic carbocycles. The second kappa shape index (κ2) is 4.80. The van der Waals surface area contributed by atoms with Crippen molar-refractivity contribution in [2.75, 3.05) is 0 Å². The summed E-state index contributed by atoms with van der Waals surface area (Å²) in [6, 6.07) is 9.91. The van der Waals surface area contributed by atoms with Gasteiger partial charge in [0.1, 0.15) is 0 Å². The van der Waals surface area contributed by atoms with Crippen molar-refractivity contribution in [3.63, 3.8) is 0 Å². The summed E-state index contributed by atoms with van der Waals surface area (Å²) in [5.74, 6) is 0. The summed E-state index contributed by atoms with van der Waals surface area (Å²) in [4.78, 5) is 10.8. The molecule has 0 N–H and O–H groups in total. The minimum Gasteiger partial charge on any atom is -0.356 e. The molecule has 0 aliphatic heterocycles. The first kappa shape index (κ1) is 11.5. The molecule has 0 bridgehead atoms. The van der Waals surface area contributed by atoms with Crippen molar-refractivity contribution in [1.82, 2.24) is 4.57 Å². The molecule has 15 heavy (non-hydrogen) atoms. The number of aromatic nitrogens is 1. The van der Waals surface area contributed by atoms with Crippen LogP contribution in [0.5, 0.6) is 0 Å². The molecular weight excluding hydrogens is 210 g/mol. The Balaban J connectivity index is 0.00000112. The highest BCUT2D eigenvalue weighted by atomic mass is 35.5. The number of halogens is 1. The minimum absolute atomic E-state index is 0. The highest BCUT2D eigenvalue weighted by Crippen LogP contribution is 2.22. The van der Waals surface area contributed by atoms with Crippen LogP contribution in [0.1, 0.15) is 10.4 Å². The molecule has 0 atom stereocenters. The Kier molecular flexibility index (Phi) is 3.69. The van der Waals surface area contributed by atoms with Crippen molar-refractivity contribution in [1.29, 1.82) is 0 Å². The highest BCUT2D eigenvalue weighted by molar-refractivity contribution is 5.87. The molecule has 78 valence electrons. The molecule has 0 saturated heterocycles. The maximum absolute atomic E-state index is 10.8. The minimum atomic E-state index is 0. The van der Waals surface area contributed by atoms with Crippen LogP contribution < -0.4 is 0 Å². The van der Waals surface area contributed by atoms with E-state index in [0.717, 1.165) is 23.0 Å². The molecule has 0 amide bonds. The maximum Gasteiger partial charge on any atom is 0.152 e. The Labute approximate surface area is 95.0 Å². The summed E-state index contributed by atoms with van der Waals surface area (Å²) >= 11 is 0. The molecule has 0 saturated carbocycles. The Morgan fingerprint density at radius 1 is 1.13 bits per heavy atom. The summed E-state index contributed by atoms with van der Waals surface area (Å²) in [7, 11) is 1.92. The van der Waals surface area contributed by atoms with Gasteiger partial charge in [-0.05, 0) is 5.56 Å². The summed E-state index contributed by atoms with van der Waals surface area (Å²) in [6.45, 7) is 0. The van der Waals surface area contributed by atoms with Crippen LogP contribution in [0.4, 0.5) is 0 Å². The zero-order valence-electron chi connectivity index (χ0n) is 8.38. The Morgan fingerprint density at radius 3 is 2.40 bits per heavy atom. The number of aryl methyl sites for hydroxylation is 1. The molecule has 2 rings (SSSR count). The number of hydrogen-bond acceptors (Lipinski definition) is 1. The monoisotopic (exact) mass is 221 g/mol. The lowest BCUT2D eigenvalue weighted by Crippen LogP contribution is -1.79. The van der Waals surface area contributed by atoms with E-state index in [1.54, 1.807) is 0 Å². The Bertz CT molecular complexity index is 448. The van der Waals surface area contributed by atoms with Gasteiger partial charge in [-0.25, -0.2) is 0 Å². The molecule has 0 spiro atoms. The van der Waals surface area contributed by atoms with Gasteiger partial charge in [0.2, 0.25) is 0 Å². The average molecular weight is 222 g/mol. The molecule has 0 aliphatic rings. The van der Waals surface area contributed by atoms with E-state index in [-0.39, 0.29) is 12.4 Å². The van der Waals surface area contributed by atoms with E-state index in [1.807, 2.05) is 54.3 Å². The smallest absolute Gasteiger partial charge is 0.152 e. The van der Waals surface area contributed by atoms with Crippen LogP contribution in [0.15, 0.2) is 42.7 Å². The third kappa shape index (κ3) is 2.28. The number of rotatable bonds is 2. The molecule has 3 heteroatoms. The molecule has 2 aromatic rings. The SMILES string of the molecule is Cl.Cn1cc(C=O)c(-c2ccccc2)c1. The van der Waals surface area contributed by atoms with Crippen LogP contribution in [0.3, 0.4) is 0 Å². The predicted molar refractivity (Wildman–Crippen MR) is 63.5 cm³/mol. The van der Waals surface area contributed by atoms with Gasteiger partial charge in [0.05, 0.1) is 0 Å². The number of aldehydes is 1. The van der Waals surface area contributed by atoms with Crippen molar-refractivity contribution in [2.45, 2.75) is 0 Å². The zero-order chi connectivity index (χ0) is 9.97. The van der Waals surface area contributed by atoms with Gasteiger partial charge >= 0.3 is 0 Å². The van der Waals surface area contributed by atoms with Crippen molar-refractivity contribution < 1.29 is 4.79 Å². The van der Waals surface area contributed by atoms with E-state index in [0.29, 0.717) is 0 Å². The van der Waals surface area contributed by atoms with Gasteiger partial charge in [-0.15, -0.1) is 12.4 Å². The molecule has 2 nitrogen and oxygen atoms in total. The van der Waals surface area contributed by atoms with E-state index >= 15 is 0 Å². The standard InChI is InChI=1S/C12H11NO.ClH/c1-13-7-11(9-14)12(8-13)10-5-3-2-4-6-10;/h2-9H,1H3;1H. The predicted octanol–water partition coefficient (Wildman–Crippen LogP) is 2.93. The van der Waals surface area contributed by atoms with Crippen LogP contribution in [-0.4, -0.2) is 10.9 Å². The van der Waals surface area contributed by atoms with Crippen molar-refractivity contribution in [2.24, 2.45) is 7.05 Å². The number of nitrogens with zero attached hydrogens (tertiary/aromatic N) is 1. The largest absolute Gasteiger partial charge is 0.356 e. The van der Waals surface area contributed by atoms with Gasteiger partial charge in [-0.2, -0.15) is 0 Å². The van der Waals surface area contributed by atoms with Gasteiger partial charge in [-0.1, -0.05) is 30.3 Å². The van der Waals surface area contributed by atoms with E-state index in [9.17, 15) is 4.79 Å². The third-order valence-corrected chi connectivity index (χ3v) is 2.20. The molecule has 0 unspecified atom stereocenters. The second-order valence-electron chi connectivity index (χ2n) is 3.28. The lowest BCUT2D eigenvalue weighted by Gasteiger charge is -1.97. The summed E-state index contributed by atoms with van der Waals surface area (Å²) in [6.07, 6.45) is 4.68. The first-order chi connectivity index (χ1) is 6.81. The fraction of sp³-hybridized carbons (Fsp3) is 0.0833. The third-order valence-electron chi connectivity index (χ3n) is 2.20. The lowest BCUT2D eigenvalue weighted by atomic mass is 10.1. The molecule has 1 heterocycles. The lowest BCUT2D eigenvalue weighted by molar-refractivity contribution is 0.112. The normalized spacial score (nSPS) is 9.40. The number of hydrogen-bond donors (Lipinski definition) is 0. The number of benzene rings is 1. The average Bonchev–Trinajstić information content (AvgIpc) is 2.61. The van der Waals surface area contributed by atoms with Gasteiger partial charge in [-0.3, -0.25) is 4.79 Å². The quantitative estimate of drug-likeness (QED) is 0.715. The Morgan fingerprint density at radius 2 is 1.80 bits per heavy atom. The first-order valence-corrected chi connectivity index (χ1v) is 4.48. The summed E-state index contributed by atoms with van der Waals surface area (Å²) < 4.78 is 1.89. The first-order valence-electron chi connectivity index (χ1n) is 4.48. The van der Waals surface area contributed by atoms with Crippen molar-refractivity contribution in [3.8, 4) is 11.1 Å². The van der Waals surface area contributed by atoms with E-state index in [2.05, 4.69) is 0 Å². The van der Waals surface area contributed by atoms with Gasteiger partial charge in [0.25, 0.3) is 0 Å². The van der Waals surface area contributed by atoms with Crippen LogP contribution in [0.25, 0.3) is 11.1 Å². The topological polar surface area (TPSA) is 22.0 Å². The van der Waals surface area contributed by atoms with Crippen molar-refractivity contribution in [3.05, 3.63) is 48.3 Å². The molecule has 0 aliphatic carbocycles.